The third-order valence-electron chi connectivity index (χ3n) is 3.59. The highest BCUT2D eigenvalue weighted by Gasteiger charge is 2.31. The summed E-state index contributed by atoms with van der Waals surface area (Å²) in [6.45, 7) is 2.22. The van der Waals surface area contributed by atoms with Crippen molar-refractivity contribution in [1.29, 1.82) is 0 Å². The van der Waals surface area contributed by atoms with Crippen LogP contribution in [0.1, 0.15) is 41.9 Å². The second-order valence-corrected chi connectivity index (χ2v) is 7.58. The van der Waals surface area contributed by atoms with Crippen molar-refractivity contribution in [1.82, 2.24) is 10.1 Å². The molecule has 0 aliphatic carbocycles. The van der Waals surface area contributed by atoms with Gasteiger partial charge in [-0.1, -0.05) is 42.4 Å². The zero-order valence-corrected chi connectivity index (χ0v) is 13.6. The SMILES string of the molecule is CCC1SCCSC1c1noc([C@@H](N)c2ccccc2)n1. The summed E-state index contributed by atoms with van der Waals surface area (Å²) in [5, 5.41) is 5.06. The summed E-state index contributed by atoms with van der Waals surface area (Å²) in [6, 6.07) is 9.51. The number of hydrogen-bond acceptors (Lipinski definition) is 6. The van der Waals surface area contributed by atoms with E-state index in [1.807, 2.05) is 53.9 Å². The van der Waals surface area contributed by atoms with Crippen LogP contribution in [0, 0.1) is 0 Å². The van der Waals surface area contributed by atoms with Crippen molar-refractivity contribution in [3.8, 4) is 0 Å². The first-order valence-electron chi connectivity index (χ1n) is 7.17. The van der Waals surface area contributed by atoms with Crippen LogP contribution in [0.25, 0.3) is 0 Å². The summed E-state index contributed by atoms with van der Waals surface area (Å²) in [5.41, 5.74) is 7.21. The van der Waals surface area contributed by atoms with Gasteiger partial charge in [0.1, 0.15) is 6.04 Å². The molecule has 1 aromatic heterocycles. The summed E-state index contributed by atoms with van der Waals surface area (Å²) < 4.78 is 5.42. The van der Waals surface area contributed by atoms with Crippen molar-refractivity contribution in [2.75, 3.05) is 11.5 Å². The number of hydrogen-bond donors (Lipinski definition) is 1. The predicted octanol–water partition coefficient (Wildman–Crippen LogP) is 3.42. The zero-order valence-electron chi connectivity index (χ0n) is 11.9. The van der Waals surface area contributed by atoms with Crippen LogP contribution in [0.2, 0.25) is 0 Å². The molecule has 0 bridgehead atoms. The maximum Gasteiger partial charge on any atom is 0.248 e. The van der Waals surface area contributed by atoms with Gasteiger partial charge in [-0.25, -0.2) is 0 Å². The van der Waals surface area contributed by atoms with Gasteiger partial charge in [0.15, 0.2) is 5.82 Å². The lowest BCUT2D eigenvalue weighted by Gasteiger charge is -2.27. The minimum absolute atomic E-state index is 0.314. The first-order valence-corrected chi connectivity index (χ1v) is 9.26. The van der Waals surface area contributed by atoms with Gasteiger partial charge in [0.2, 0.25) is 5.89 Å². The quantitative estimate of drug-likeness (QED) is 0.931. The first kappa shape index (κ1) is 14.9. The van der Waals surface area contributed by atoms with Gasteiger partial charge in [-0.15, -0.1) is 11.8 Å². The summed E-state index contributed by atoms with van der Waals surface area (Å²) in [7, 11) is 0. The summed E-state index contributed by atoms with van der Waals surface area (Å²) in [5.74, 6) is 3.64. The highest BCUT2D eigenvalue weighted by atomic mass is 32.2. The lowest BCUT2D eigenvalue weighted by atomic mass is 10.1. The minimum Gasteiger partial charge on any atom is -0.337 e. The van der Waals surface area contributed by atoms with Gasteiger partial charge in [0.05, 0.1) is 5.25 Å². The fourth-order valence-corrected chi connectivity index (χ4v) is 5.42. The Bertz CT molecular complexity index is 575. The zero-order chi connectivity index (χ0) is 14.7. The van der Waals surface area contributed by atoms with E-state index in [9.17, 15) is 0 Å². The third-order valence-corrected chi connectivity index (χ3v) is 6.83. The Labute approximate surface area is 133 Å². The molecule has 0 spiro atoms. The van der Waals surface area contributed by atoms with E-state index >= 15 is 0 Å². The van der Waals surface area contributed by atoms with E-state index in [0.717, 1.165) is 23.6 Å². The highest BCUT2D eigenvalue weighted by Crippen LogP contribution is 2.43. The molecule has 1 saturated heterocycles. The average molecular weight is 321 g/mol. The molecule has 3 atom stereocenters. The van der Waals surface area contributed by atoms with E-state index in [-0.39, 0.29) is 6.04 Å². The molecule has 112 valence electrons. The van der Waals surface area contributed by atoms with Crippen molar-refractivity contribution < 1.29 is 4.52 Å². The van der Waals surface area contributed by atoms with Crippen LogP contribution in [0.3, 0.4) is 0 Å². The standard InChI is InChI=1S/C15H19N3OS2/c1-2-11-13(21-9-8-20-11)14-17-15(19-18-14)12(16)10-6-4-3-5-7-10/h3-7,11-13H,2,8-9,16H2,1H3/t11?,12-,13?/m0/s1. The Morgan fingerprint density at radius 1 is 1.29 bits per heavy atom. The molecule has 2 aromatic rings. The number of thioether (sulfide) groups is 2. The van der Waals surface area contributed by atoms with Crippen molar-refractivity contribution in [2.24, 2.45) is 5.73 Å². The summed E-state index contributed by atoms with van der Waals surface area (Å²) in [4.78, 5) is 4.57. The van der Waals surface area contributed by atoms with Crippen LogP contribution in [-0.2, 0) is 0 Å². The average Bonchev–Trinajstić information content (AvgIpc) is 3.04. The van der Waals surface area contributed by atoms with Crippen molar-refractivity contribution in [3.63, 3.8) is 0 Å². The van der Waals surface area contributed by atoms with Gasteiger partial charge in [0, 0.05) is 16.8 Å². The van der Waals surface area contributed by atoms with E-state index in [4.69, 9.17) is 10.3 Å². The topological polar surface area (TPSA) is 64.9 Å². The number of aromatic nitrogens is 2. The number of nitrogens with zero attached hydrogens (tertiary/aromatic N) is 2. The first-order chi connectivity index (χ1) is 10.3. The number of benzene rings is 1. The number of rotatable bonds is 4. The number of nitrogens with two attached hydrogens (primary N) is 1. The molecule has 1 aliphatic heterocycles. The second kappa shape index (κ2) is 6.85. The highest BCUT2D eigenvalue weighted by molar-refractivity contribution is 8.06. The van der Waals surface area contributed by atoms with E-state index in [1.165, 1.54) is 5.75 Å². The maximum absolute atomic E-state index is 6.22. The van der Waals surface area contributed by atoms with Crippen LogP contribution in [0.15, 0.2) is 34.9 Å². The van der Waals surface area contributed by atoms with E-state index < -0.39 is 0 Å². The lowest BCUT2D eigenvalue weighted by molar-refractivity contribution is 0.362. The van der Waals surface area contributed by atoms with Crippen molar-refractivity contribution >= 4 is 23.5 Å². The van der Waals surface area contributed by atoms with Crippen molar-refractivity contribution in [2.45, 2.75) is 29.9 Å². The van der Waals surface area contributed by atoms with Crippen LogP contribution < -0.4 is 5.73 Å². The van der Waals surface area contributed by atoms with Crippen LogP contribution in [0.4, 0.5) is 0 Å². The smallest absolute Gasteiger partial charge is 0.248 e. The molecule has 3 rings (SSSR count). The molecule has 21 heavy (non-hydrogen) atoms. The van der Waals surface area contributed by atoms with Crippen LogP contribution >= 0.6 is 23.5 Å². The van der Waals surface area contributed by atoms with Gasteiger partial charge in [0.25, 0.3) is 0 Å². The van der Waals surface area contributed by atoms with Gasteiger partial charge in [-0.2, -0.15) is 16.7 Å². The molecule has 0 saturated carbocycles. The Hall–Kier alpha value is -0.980. The molecule has 0 radical (unpaired) electrons. The van der Waals surface area contributed by atoms with Gasteiger partial charge in [-0.3, -0.25) is 0 Å². The van der Waals surface area contributed by atoms with Crippen LogP contribution in [-0.4, -0.2) is 26.9 Å². The van der Waals surface area contributed by atoms with Crippen molar-refractivity contribution in [3.05, 3.63) is 47.6 Å². The Balaban J connectivity index is 1.79. The monoisotopic (exact) mass is 321 g/mol. The molecule has 2 N–H and O–H groups in total. The fourth-order valence-electron chi connectivity index (χ4n) is 2.43. The van der Waals surface area contributed by atoms with Gasteiger partial charge in [-0.05, 0) is 12.0 Å². The molecular weight excluding hydrogens is 302 g/mol. The fraction of sp³-hybridized carbons (Fsp3) is 0.467. The lowest BCUT2D eigenvalue weighted by Crippen LogP contribution is -2.19. The van der Waals surface area contributed by atoms with Crippen LogP contribution in [0.5, 0.6) is 0 Å². The molecule has 1 aliphatic rings. The van der Waals surface area contributed by atoms with Gasteiger partial charge < -0.3 is 10.3 Å². The summed E-state index contributed by atoms with van der Waals surface area (Å²) >= 11 is 3.93. The van der Waals surface area contributed by atoms with Gasteiger partial charge >= 0.3 is 0 Å². The molecule has 0 amide bonds. The van der Waals surface area contributed by atoms with E-state index in [1.54, 1.807) is 0 Å². The van der Waals surface area contributed by atoms with E-state index in [2.05, 4.69) is 17.1 Å². The minimum atomic E-state index is -0.353. The molecule has 4 nitrogen and oxygen atoms in total. The molecule has 2 heterocycles. The summed E-state index contributed by atoms with van der Waals surface area (Å²) in [6.07, 6.45) is 1.12. The molecule has 1 fully saturated rings. The Morgan fingerprint density at radius 3 is 2.81 bits per heavy atom. The largest absolute Gasteiger partial charge is 0.337 e. The maximum atomic E-state index is 6.22. The third kappa shape index (κ3) is 3.27. The molecular formula is C15H19N3OS2. The molecule has 6 heteroatoms. The predicted molar refractivity (Wildman–Crippen MR) is 88.5 cm³/mol. The molecule has 2 unspecified atom stereocenters. The van der Waals surface area contributed by atoms with E-state index in [0.29, 0.717) is 16.4 Å². The normalized spacial score (nSPS) is 23.9. The Kier molecular flexibility index (Phi) is 4.87. The molecule has 1 aromatic carbocycles. The second-order valence-electron chi connectivity index (χ2n) is 4.99. The Morgan fingerprint density at radius 2 is 2.05 bits per heavy atom.